The highest BCUT2D eigenvalue weighted by Gasteiger charge is 2.36. The van der Waals surface area contributed by atoms with Gasteiger partial charge in [0.2, 0.25) is 0 Å². The molecule has 1 N–H and O–H groups in total. The highest BCUT2D eigenvalue weighted by atomic mass is 15.1. The summed E-state index contributed by atoms with van der Waals surface area (Å²) in [5, 5.41) is 3.76. The summed E-state index contributed by atoms with van der Waals surface area (Å²) in [6.45, 7) is 14.5. The molecule has 2 atom stereocenters. The van der Waals surface area contributed by atoms with Gasteiger partial charge in [-0.2, -0.15) is 0 Å². The minimum Gasteiger partial charge on any atom is -0.314 e. The molecule has 0 aromatic heterocycles. The van der Waals surface area contributed by atoms with Crippen molar-refractivity contribution < 1.29 is 0 Å². The molecule has 2 nitrogen and oxygen atoms in total. The summed E-state index contributed by atoms with van der Waals surface area (Å²) in [5.41, 5.74) is 0.529. The van der Waals surface area contributed by atoms with E-state index in [9.17, 15) is 0 Å². The van der Waals surface area contributed by atoms with E-state index in [1.807, 2.05) is 0 Å². The Morgan fingerprint density at radius 2 is 1.95 bits per heavy atom. The summed E-state index contributed by atoms with van der Waals surface area (Å²) in [7, 11) is 0. The average molecular weight is 295 g/mol. The van der Waals surface area contributed by atoms with Gasteiger partial charge in [-0.05, 0) is 49.5 Å². The van der Waals surface area contributed by atoms with Crippen LogP contribution < -0.4 is 5.32 Å². The zero-order chi connectivity index (χ0) is 15.3. The molecule has 0 aromatic rings. The van der Waals surface area contributed by atoms with Crippen LogP contribution in [-0.2, 0) is 0 Å². The van der Waals surface area contributed by atoms with Gasteiger partial charge < -0.3 is 10.2 Å². The van der Waals surface area contributed by atoms with Crippen LogP contribution in [0.5, 0.6) is 0 Å². The van der Waals surface area contributed by atoms with Crippen molar-refractivity contribution >= 4 is 0 Å². The molecular formula is C19H38N2. The Balaban J connectivity index is 1.95. The molecule has 0 aliphatic heterocycles. The molecular weight excluding hydrogens is 256 g/mol. The number of nitrogens with zero attached hydrogens (tertiary/aromatic N) is 1. The number of hydrogen-bond donors (Lipinski definition) is 1. The van der Waals surface area contributed by atoms with Crippen LogP contribution in [0.4, 0.5) is 0 Å². The first-order chi connectivity index (χ1) is 10.0. The van der Waals surface area contributed by atoms with Gasteiger partial charge in [0.15, 0.2) is 0 Å². The second kappa shape index (κ2) is 7.97. The van der Waals surface area contributed by atoms with Gasteiger partial charge >= 0.3 is 0 Å². The molecule has 2 aliphatic rings. The summed E-state index contributed by atoms with van der Waals surface area (Å²) in [6, 6.07) is 0.612. The summed E-state index contributed by atoms with van der Waals surface area (Å²) in [5.74, 6) is 1.91. The fourth-order valence-electron chi connectivity index (χ4n) is 4.37. The van der Waals surface area contributed by atoms with Crippen LogP contribution in [0.15, 0.2) is 0 Å². The molecule has 0 heterocycles. The van der Waals surface area contributed by atoms with Crippen molar-refractivity contribution in [1.29, 1.82) is 0 Å². The molecule has 2 saturated carbocycles. The molecule has 0 spiro atoms. The summed E-state index contributed by atoms with van der Waals surface area (Å²) in [6.07, 6.45) is 10.2. The summed E-state index contributed by atoms with van der Waals surface area (Å²) >= 11 is 0. The minimum absolute atomic E-state index is 0.529. The van der Waals surface area contributed by atoms with Crippen molar-refractivity contribution in [3.63, 3.8) is 0 Å². The second-order valence-corrected chi connectivity index (χ2v) is 8.36. The maximum absolute atomic E-state index is 3.76. The quantitative estimate of drug-likeness (QED) is 0.718. The molecule has 124 valence electrons. The standard InChI is InChI=1S/C19H38N2/c1-5-21(13-18-9-6-10-18)15-19(14-20-16(2)3)11-7-8-17(4)12-19/h16-18,20H,5-15H2,1-4H3. The molecule has 0 amide bonds. The van der Waals surface area contributed by atoms with Crippen LogP contribution in [0.2, 0.25) is 0 Å². The van der Waals surface area contributed by atoms with Crippen LogP contribution in [0.3, 0.4) is 0 Å². The Bertz CT molecular complexity index is 298. The van der Waals surface area contributed by atoms with E-state index in [0.717, 1.165) is 11.8 Å². The van der Waals surface area contributed by atoms with Crippen LogP contribution in [0.25, 0.3) is 0 Å². The van der Waals surface area contributed by atoms with Crippen LogP contribution >= 0.6 is 0 Å². The lowest BCUT2D eigenvalue weighted by Crippen LogP contribution is -2.49. The molecule has 2 fully saturated rings. The predicted octanol–water partition coefficient (Wildman–Crippen LogP) is 4.30. The third-order valence-electron chi connectivity index (χ3n) is 5.82. The van der Waals surface area contributed by atoms with Crippen molar-refractivity contribution in [2.75, 3.05) is 26.2 Å². The third-order valence-corrected chi connectivity index (χ3v) is 5.82. The lowest BCUT2D eigenvalue weighted by atomic mass is 9.69. The van der Waals surface area contributed by atoms with Crippen LogP contribution in [-0.4, -0.2) is 37.1 Å². The first-order valence-corrected chi connectivity index (χ1v) is 9.49. The first kappa shape index (κ1) is 17.3. The van der Waals surface area contributed by atoms with Gasteiger partial charge in [-0.1, -0.05) is 47.0 Å². The van der Waals surface area contributed by atoms with E-state index >= 15 is 0 Å². The Labute approximate surface area is 133 Å². The van der Waals surface area contributed by atoms with Crippen LogP contribution in [0.1, 0.15) is 72.6 Å². The zero-order valence-electron chi connectivity index (χ0n) is 15.0. The van der Waals surface area contributed by atoms with Gasteiger partial charge in [0.1, 0.15) is 0 Å². The van der Waals surface area contributed by atoms with Gasteiger partial charge in [-0.15, -0.1) is 0 Å². The largest absolute Gasteiger partial charge is 0.314 e. The zero-order valence-corrected chi connectivity index (χ0v) is 15.0. The van der Waals surface area contributed by atoms with E-state index in [1.165, 1.54) is 71.1 Å². The minimum atomic E-state index is 0.529. The highest BCUT2D eigenvalue weighted by Crippen LogP contribution is 2.40. The van der Waals surface area contributed by atoms with E-state index in [2.05, 4.69) is 37.9 Å². The lowest BCUT2D eigenvalue weighted by molar-refractivity contribution is 0.0642. The maximum Gasteiger partial charge on any atom is 0.00502 e. The van der Waals surface area contributed by atoms with Crippen molar-refractivity contribution in [2.45, 2.75) is 78.7 Å². The van der Waals surface area contributed by atoms with E-state index in [1.54, 1.807) is 0 Å². The molecule has 2 unspecified atom stereocenters. The maximum atomic E-state index is 3.76. The molecule has 21 heavy (non-hydrogen) atoms. The van der Waals surface area contributed by atoms with Gasteiger partial charge in [0.05, 0.1) is 0 Å². The van der Waals surface area contributed by atoms with Crippen molar-refractivity contribution in [1.82, 2.24) is 10.2 Å². The van der Waals surface area contributed by atoms with Gasteiger partial charge in [-0.3, -0.25) is 0 Å². The first-order valence-electron chi connectivity index (χ1n) is 9.49. The SMILES string of the molecule is CCN(CC1CCC1)CC1(CNC(C)C)CCCC(C)C1. The Morgan fingerprint density at radius 3 is 2.48 bits per heavy atom. The average Bonchev–Trinajstić information content (AvgIpc) is 2.39. The highest BCUT2D eigenvalue weighted by molar-refractivity contribution is 4.91. The van der Waals surface area contributed by atoms with E-state index < -0.39 is 0 Å². The van der Waals surface area contributed by atoms with Gasteiger partial charge in [0.25, 0.3) is 0 Å². The smallest absolute Gasteiger partial charge is 0.00502 e. The third kappa shape index (κ3) is 5.25. The Kier molecular flexibility index (Phi) is 6.55. The second-order valence-electron chi connectivity index (χ2n) is 8.36. The molecule has 2 heteroatoms. The normalized spacial score (nSPS) is 30.9. The van der Waals surface area contributed by atoms with E-state index in [4.69, 9.17) is 0 Å². The van der Waals surface area contributed by atoms with E-state index in [-0.39, 0.29) is 0 Å². The predicted molar refractivity (Wildman–Crippen MR) is 92.7 cm³/mol. The monoisotopic (exact) mass is 294 g/mol. The number of hydrogen-bond acceptors (Lipinski definition) is 2. The molecule has 0 aromatic carbocycles. The fraction of sp³-hybridized carbons (Fsp3) is 1.00. The molecule has 0 bridgehead atoms. The molecule has 0 saturated heterocycles. The Hall–Kier alpha value is -0.0800. The van der Waals surface area contributed by atoms with Crippen molar-refractivity contribution in [3.05, 3.63) is 0 Å². The number of nitrogens with one attached hydrogen (secondary N) is 1. The topological polar surface area (TPSA) is 15.3 Å². The van der Waals surface area contributed by atoms with Crippen molar-refractivity contribution in [2.24, 2.45) is 17.3 Å². The summed E-state index contributed by atoms with van der Waals surface area (Å²) < 4.78 is 0. The Morgan fingerprint density at radius 1 is 1.19 bits per heavy atom. The molecule has 0 radical (unpaired) electrons. The van der Waals surface area contributed by atoms with Gasteiger partial charge in [0, 0.05) is 25.7 Å². The molecule has 2 aliphatic carbocycles. The van der Waals surface area contributed by atoms with Gasteiger partial charge in [-0.25, -0.2) is 0 Å². The fourth-order valence-corrected chi connectivity index (χ4v) is 4.37. The van der Waals surface area contributed by atoms with Crippen molar-refractivity contribution in [3.8, 4) is 0 Å². The van der Waals surface area contributed by atoms with E-state index in [0.29, 0.717) is 11.5 Å². The molecule has 2 rings (SSSR count). The number of rotatable bonds is 8. The van der Waals surface area contributed by atoms with Crippen LogP contribution in [0, 0.1) is 17.3 Å². The summed E-state index contributed by atoms with van der Waals surface area (Å²) in [4.78, 5) is 2.77. The lowest BCUT2D eigenvalue weighted by Gasteiger charge is -2.45.